The molecular weight excluding hydrogens is 254 g/mol. The molecule has 1 unspecified atom stereocenters. The molecule has 1 aromatic carbocycles. The van der Waals surface area contributed by atoms with E-state index in [2.05, 4.69) is 20.8 Å². The van der Waals surface area contributed by atoms with Crippen LogP contribution < -0.4 is 5.73 Å². The van der Waals surface area contributed by atoms with Crippen LogP contribution in [-0.4, -0.2) is 17.7 Å². The van der Waals surface area contributed by atoms with E-state index < -0.39 is 0 Å². The van der Waals surface area contributed by atoms with Gasteiger partial charge in [-0.1, -0.05) is 33.8 Å². The third-order valence-corrected chi connectivity index (χ3v) is 3.30. The summed E-state index contributed by atoms with van der Waals surface area (Å²) in [6.07, 6.45) is 0.415. The molecule has 0 aliphatic rings. The Morgan fingerprint density at radius 3 is 2.50 bits per heavy atom. The quantitative estimate of drug-likeness (QED) is 0.505. The summed E-state index contributed by atoms with van der Waals surface area (Å²) >= 11 is 0. The maximum absolute atomic E-state index is 11.7. The molecule has 3 N–H and O–H groups in total. The summed E-state index contributed by atoms with van der Waals surface area (Å²) in [5.74, 6) is -0.503. The van der Waals surface area contributed by atoms with Gasteiger partial charge >= 0.3 is 5.97 Å². The van der Waals surface area contributed by atoms with E-state index in [-0.39, 0.29) is 23.1 Å². The van der Waals surface area contributed by atoms with E-state index in [4.69, 9.17) is 10.5 Å². The average molecular weight is 279 g/mol. The molecule has 0 saturated heterocycles. The van der Waals surface area contributed by atoms with Crippen molar-refractivity contribution in [2.24, 2.45) is 5.92 Å². The van der Waals surface area contributed by atoms with Crippen LogP contribution in [0.15, 0.2) is 12.1 Å². The van der Waals surface area contributed by atoms with Crippen LogP contribution in [0.4, 0.5) is 5.69 Å². The van der Waals surface area contributed by atoms with Crippen LogP contribution >= 0.6 is 0 Å². The number of phenolic OH excluding ortho intramolecular Hbond substituents is 1. The number of anilines is 1. The van der Waals surface area contributed by atoms with E-state index in [0.29, 0.717) is 24.3 Å². The lowest BCUT2D eigenvalue weighted by Gasteiger charge is -2.22. The monoisotopic (exact) mass is 279 g/mol. The summed E-state index contributed by atoms with van der Waals surface area (Å²) in [5, 5.41) is 10.1. The Bertz CT molecular complexity index is 489. The zero-order chi connectivity index (χ0) is 15.5. The lowest BCUT2D eigenvalue weighted by Crippen LogP contribution is -2.18. The number of ether oxygens (including phenoxy) is 1. The molecule has 20 heavy (non-hydrogen) atoms. The van der Waals surface area contributed by atoms with E-state index in [1.807, 2.05) is 6.07 Å². The van der Waals surface area contributed by atoms with Crippen molar-refractivity contribution in [2.75, 3.05) is 12.3 Å². The minimum absolute atomic E-state index is 0.0640. The summed E-state index contributed by atoms with van der Waals surface area (Å²) in [4.78, 5) is 11.7. The maximum atomic E-state index is 11.7. The van der Waals surface area contributed by atoms with Gasteiger partial charge < -0.3 is 15.6 Å². The minimum atomic E-state index is -0.310. The first-order chi connectivity index (χ1) is 9.16. The summed E-state index contributed by atoms with van der Waals surface area (Å²) in [6, 6.07) is 3.70. The van der Waals surface area contributed by atoms with Gasteiger partial charge in [-0.2, -0.15) is 0 Å². The van der Waals surface area contributed by atoms with Crippen LogP contribution in [0.25, 0.3) is 0 Å². The molecule has 0 aliphatic heterocycles. The second kappa shape index (κ2) is 6.16. The fourth-order valence-electron chi connectivity index (χ4n) is 2.01. The third kappa shape index (κ3) is 3.89. The van der Waals surface area contributed by atoms with Crippen molar-refractivity contribution in [3.63, 3.8) is 0 Å². The number of carbonyl (C=O) groups excluding carboxylic acids is 1. The predicted octanol–water partition coefficient (Wildman–Crippen LogP) is 3.01. The largest absolute Gasteiger partial charge is 0.506 e. The molecule has 1 aromatic rings. The zero-order valence-electron chi connectivity index (χ0n) is 13.0. The highest BCUT2D eigenvalue weighted by Gasteiger charge is 2.21. The van der Waals surface area contributed by atoms with Gasteiger partial charge in [0.05, 0.1) is 18.2 Å². The van der Waals surface area contributed by atoms with Crippen LogP contribution in [0, 0.1) is 5.92 Å². The van der Waals surface area contributed by atoms with E-state index in [0.717, 1.165) is 5.56 Å². The lowest BCUT2D eigenvalue weighted by molar-refractivity contribution is -0.147. The number of phenols is 1. The Morgan fingerprint density at radius 2 is 2.00 bits per heavy atom. The van der Waals surface area contributed by atoms with Gasteiger partial charge in [0, 0.05) is 0 Å². The summed E-state index contributed by atoms with van der Waals surface area (Å²) in [6.45, 7) is 10.2. The Kier molecular flexibility index (Phi) is 5.03. The summed E-state index contributed by atoms with van der Waals surface area (Å²) in [7, 11) is 0. The molecule has 0 heterocycles. The van der Waals surface area contributed by atoms with Gasteiger partial charge in [0.2, 0.25) is 0 Å². The number of aromatic hydroxyl groups is 1. The number of nitrogen functional groups attached to an aromatic ring is 1. The number of hydrogen-bond donors (Lipinski definition) is 2. The second-order valence-electron chi connectivity index (χ2n) is 6.18. The first-order valence-electron chi connectivity index (χ1n) is 6.95. The third-order valence-electron chi connectivity index (χ3n) is 3.30. The van der Waals surface area contributed by atoms with Crippen molar-refractivity contribution < 1.29 is 14.6 Å². The number of benzene rings is 1. The highest BCUT2D eigenvalue weighted by atomic mass is 16.5. The molecule has 0 spiro atoms. The smallest absolute Gasteiger partial charge is 0.308 e. The van der Waals surface area contributed by atoms with Gasteiger partial charge in [-0.15, -0.1) is 0 Å². The maximum Gasteiger partial charge on any atom is 0.308 e. The van der Waals surface area contributed by atoms with E-state index in [1.54, 1.807) is 19.9 Å². The van der Waals surface area contributed by atoms with Crippen LogP contribution in [-0.2, 0) is 21.4 Å². The number of carbonyl (C=O) groups is 1. The molecule has 0 fully saturated rings. The van der Waals surface area contributed by atoms with E-state index >= 15 is 0 Å². The summed E-state index contributed by atoms with van der Waals surface area (Å²) in [5.41, 5.74) is 7.88. The van der Waals surface area contributed by atoms with Gasteiger partial charge in [-0.05, 0) is 36.0 Å². The van der Waals surface area contributed by atoms with Gasteiger partial charge in [-0.3, -0.25) is 4.79 Å². The molecule has 1 atom stereocenters. The highest BCUT2D eigenvalue weighted by molar-refractivity contribution is 5.73. The normalized spacial score (nSPS) is 13.1. The molecule has 0 aliphatic carbocycles. The van der Waals surface area contributed by atoms with Crippen molar-refractivity contribution in [1.82, 2.24) is 0 Å². The topological polar surface area (TPSA) is 72.5 Å². The molecule has 0 bridgehead atoms. The number of hydrogen-bond acceptors (Lipinski definition) is 4. The molecule has 112 valence electrons. The first-order valence-corrected chi connectivity index (χ1v) is 6.95. The van der Waals surface area contributed by atoms with Gasteiger partial charge in [0.1, 0.15) is 5.75 Å². The summed E-state index contributed by atoms with van der Waals surface area (Å²) < 4.78 is 4.99. The molecule has 1 rings (SSSR count). The fraction of sp³-hybridized carbons (Fsp3) is 0.562. The fourth-order valence-corrected chi connectivity index (χ4v) is 2.01. The SMILES string of the molecule is CCOC(=O)C(C)Cc1cc(C(C)(C)C)cc(N)c1O. The van der Waals surface area contributed by atoms with Crippen molar-refractivity contribution in [2.45, 2.75) is 46.5 Å². The van der Waals surface area contributed by atoms with Crippen LogP contribution in [0.1, 0.15) is 45.7 Å². The Morgan fingerprint density at radius 1 is 1.40 bits per heavy atom. The van der Waals surface area contributed by atoms with Crippen molar-refractivity contribution in [3.05, 3.63) is 23.3 Å². The lowest BCUT2D eigenvalue weighted by atomic mass is 9.84. The minimum Gasteiger partial charge on any atom is -0.506 e. The van der Waals surface area contributed by atoms with Gasteiger partial charge in [0.15, 0.2) is 0 Å². The molecule has 4 heteroatoms. The highest BCUT2D eigenvalue weighted by Crippen LogP contribution is 2.33. The molecule has 0 saturated carbocycles. The van der Waals surface area contributed by atoms with Gasteiger partial charge in [-0.25, -0.2) is 0 Å². The van der Waals surface area contributed by atoms with Crippen molar-refractivity contribution in [3.8, 4) is 5.75 Å². The first kappa shape index (κ1) is 16.3. The van der Waals surface area contributed by atoms with Crippen LogP contribution in [0.2, 0.25) is 0 Å². The number of nitrogens with two attached hydrogens (primary N) is 1. The van der Waals surface area contributed by atoms with E-state index in [9.17, 15) is 9.90 Å². The van der Waals surface area contributed by atoms with Crippen LogP contribution in [0.5, 0.6) is 5.75 Å². The predicted molar refractivity (Wildman–Crippen MR) is 80.7 cm³/mol. The standard InChI is InChI=1S/C16H25NO3/c1-6-20-15(19)10(2)7-11-8-12(16(3,4)5)9-13(17)14(11)18/h8-10,18H,6-7,17H2,1-5H3. The second-order valence-corrected chi connectivity index (χ2v) is 6.18. The van der Waals surface area contributed by atoms with E-state index in [1.165, 1.54) is 0 Å². The molecular formula is C16H25NO3. The van der Waals surface area contributed by atoms with Gasteiger partial charge in [0.25, 0.3) is 0 Å². The van der Waals surface area contributed by atoms with Crippen molar-refractivity contribution in [1.29, 1.82) is 0 Å². The average Bonchev–Trinajstić information content (AvgIpc) is 2.33. The Balaban J connectivity index is 3.06. The number of rotatable bonds is 4. The Hall–Kier alpha value is -1.71. The molecule has 0 aromatic heterocycles. The zero-order valence-corrected chi connectivity index (χ0v) is 13.0. The Labute approximate surface area is 120 Å². The molecule has 0 radical (unpaired) electrons. The molecule has 4 nitrogen and oxygen atoms in total. The molecule has 0 amide bonds. The van der Waals surface area contributed by atoms with Crippen LogP contribution in [0.3, 0.4) is 0 Å². The van der Waals surface area contributed by atoms with Crippen molar-refractivity contribution >= 4 is 11.7 Å². The number of esters is 1.